The number of carbonyl (C=O) groups is 1. The number of amides is 1. The van der Waals surface area contributed by atoms with Gasteiger partial charge in [0.25, 0.3) is 10.2 Å². The fraction of sp³-hybridized carbons (Fsp3) is 0.938. The van der Waals surface area contributed by atoms with Crippen LogP contribution in [0.25, 0.3) is 0 Å². The van der Waals surface area contributed by atoms with Crippen LogP contribution >= 0.6 is 0 Å². The van der Waals surface area contributed by atoms with Gasteiger partial charge in [0.1, 0.15) is 0 Å². The van der Waals surface area contributed by atoms with E-state index in [9.17, 15) is 13.2 Å². The van der Waals surface area contributed by atoms with Gasteiger partial charge in [-0.2, -0.15) is 8.42 Å². The highest BCUT2D eigenvalue weighted by Gasteiger charge is 2.49. The molecule has 0 spiro atoms. The number of nitrogens with zero attached hydrogens (tertiary/aromatic N) is 1. The molecule has 6 nitrogen and oxygen atoms in total. The lowest BCUT2D eigenvalue weighted by molar-refractivity contribution is -0.134. The number of nitrogens with two attached hydrogens (primary N) is 1. The maximum absolute atomic E-state index is 12.7. The summed E-state index contributed by atoms with van der Waals surface area (Å²) in [5, 5.41) is 4.99. The molecule has 0 aromatic heterocycles. The van der Waals surface area contributed by atoms with Gasteiger partial charge in [0.05, 0.1) is 0 Å². The maximum atomic E-state index is 12.7. The maximum Gasteiger partial charge on any atom is 0.274 e. The molecule has 3 atom stereocenters. The number of hydrogen-bond donors (Lipinski definition) is 2. The van der Waals surface area contributed by atoms with E-state index in [1.54, 1.807) is 0 Å². The zero-order valence-electron chi connectivity index (χ0n) is 13.7. The molecule has 7 heteroatoms. The Morgan fingerprint density at radius 3 is 2.57 bits per heavy atom. The summed E-state index contributed by atoms with van der Waals surface area (Å²) < 4.78 is 24.4. The monoisotopic (exact) mass is 343 g/mol. The first-order chi connectivity index (χ1) is 10.9. The van der Waals surface area contributed by atoms with Crippen molar-refractivity contribution in [2.24, 2.45) is 28.8 Å². The molecule has 3 fully saturated rings. The van der Waals surface area contributed by atoms with Gasteiger partial charge in [-0.15, -0.1) is 0 Å². The molecule has 0 unspecified atom stereocenters. The second kappa shape index (κ2) is 7.07. The first kappa shape index (κ1) is 17.2. The van der Waals surface area contributed by atoms with Crippen molar-refractivity contribution in [2.45, 2.75) is 51.4 Å². The van der Waals surface area contributed by atoms with Crippen molar-refractivity contribution in [1.29, 1.82) is 0 Å². The smallest absolute Gasteiger partial charge is 0.274 e. The van der Waals surface area contributed by atoms with Crippen LogP contribution in [0.15, 0.2) is 0 Å². The third-order valence-corrected chi connectivity index (χ3v) is 6.39. The summed E-state index contributed by atoms with van der Waals surface area (Å²) in [6.07, 6.45) is 9.57. The molecule has 3 aliphatic rings. The van der Waals surface area contributed by atoms with Crippen molar-refractivity contribution < 1.29 is 13.2 Å². The van der Waals surface area contributed by atoms with Gasteiger partial charge in [-0.25, -0.2) is 9.86 Å². The Hall–Kier alpha value is -0.660. The summed E-state index contributed by atoms with van der Waals surface area (Å²) in [4.78, 5) is 14.7. The molecule has 2 saturated carbocycles. The van der Waals surface area contributed by atoms with E-state index >= 15 is 0 Å². The third-order valence-electron chi connectivity index (χ3n) is 5.82. The molecule has 0 aromatic carbocycles. The van der Waals surface area contributed by atoms with Crippen molar-refractivity contribution in [2.75, 3.05) is 19.6 Å². The van der Waals surface area contributed by atoms with Crippen molar-refractivity contribution in [3.05, 3.63) is 0 Å². The highest BCUT2D eigenvalue weighted by atomic mass is 32.2. The van der Waals surface area contributed by atoms with Gasteiger partial charge in [-0.1, -0.05) is 32.1 Å². The minimum atomic E-state index is -3.64. The Labute approximate surface area is 139 Å². The van der Waals surface area contributed by atoms with E-state index < -0.39 is 10.2 Å². The average Bonchev–Trinajstić information content (AvgIpc) is 3.33. The van der Waals surface area contributed by atoms with E-state index in [1.165, 1.54) is 32.1 Å². The van der Waals surface area contributed by atoms with E-state index in [0.717, 1.165) is 31.7 Å². The van der Waals surface area contributed by atoms with Crippen LogP contribution < -0.4 is 9.86 Å². The zero-order valence-corrected chi connectivity index (χ0v) is 14.6. The van der Waals surface area contributed by atoms with Crippen molar-refractivity contribution >= 4 is 16.1 Å². The first-order valence-electron chi connectivity index (χ1n) is 9.00. The number of likely N-dealkylation sites (tertiary alicyclic amines) is 1. The van der Waals surface area contributed by atoms with Crippen LogP contribution in [0.4, 0.5) is 0 Å². The molecule has 1 saturated heterocycles. The lowest BCUT2D eigenvalue weighted by Crippen LogP contribution is -2.45. The van der Waals surface area contributed by atoms with Crippen LogP contribution in [-0.4, -0.2) is 38.9 Å². The van der Waals surface area contributed by atoms with Gasteiger partial charge in [0, 0.05) is 25.6 Å². The largest absolute Gasteiger partial charge is 0.342 e. The standard InChI is InChI=1S/C16H29N3O3S/c17-23(21,22)18-10-12-5-4-8-19(11-12)16(20)15-9-14(15)13-6-2-1-3-7-13/h12-15,18H,1-11H2,(H2,17,21,22)/t12-,14+,15+/m0/s1. The molecule has 3 rings (SSSR count). The van der Waals surface area contributed by atoms with Gasteiger partial charge in [-0.05, 0) is 37.0 Å². The van der Waals surface area contributed by atoms with Crippen LogP contribution in [0.5, 0.6) is 0 Å². The summed E-state index contributed by atoms with van der Waals surface area (Å²) in [6, 6.07) is 0. The first-order valence-corrected chi connectivity index (χ1v) is 10.5. The highest BCUT2D eigenvalue weighted by molar-refractivity contribution is 7.87. The lowest BCUT2D eigenvalue weighted by Gasteiger charge is -2.33. The van der Waals surface area contributed by atoms with Crippen LogP contribution in [0, 0.1) is 23.7 Å². The van der Waals surface area contributed by atoms with Gasteiger partial charge in [0.2, 0.25) is 5.91 Å². The lowest BCUT2D eigenvalue weighted by atomic mass is 9.85. The molecule has 1 amide bonds. The summed E-state index contributed by atoms with van der Waals surface area (Å²) in [7, 11) is -3.64. The average molecular weight is 343 g/mol. The molecular formula is C16H29N3O3S. The van der Waals surface area contributed by atoms with Gasteiger partial charge >= 0.3 is 0 Å². The molecule has 132 valence electrons. The number of rotatable bonds is 5. The Balaban J connectivity index is 1.48. The van der Waals surface area contributed by atoms with Crippen molar-refractivity contribution in [3.8, 4) is 0 Å². The Morgan fingerprint density at radius 1 is 1.13 bits per heavy atom. The number of hydrogen-bond acceptors (Lipinski definition) is 3. The van der Waals surface area contributed by atoms with E-state index in [-0.39, 0.29) is 11.8 Å². The summed E-state index contributed by atoms with van der Waals surface area (Å²) in [6.45, 7) is 1.81. The predicted octanol–water partition coefficient (Wildman–Crippen LogP) is 1.23. The number of piperidine rings is 1. The van der Waals surface area contributed by atoms with Crippen LogP contribution in [0.3, 0.4) is 0 Å². The predicted molar refractivity (Wildman–Crippen MR) is 88.6 cm³/mol. The molecule has 1 heterocycles. The molecular weight excluding hydrogens is 314 g/mol. The third kappa shape index (κ3) is 4.67. The van der Waals surface area contributed by atoms with Crippen LogP contribution in [0.2, 0.25) is 0 Å². The van der Waals surface area contributed by atoms with Gasteiger partial charge in [0.15, 0.2) is 0 Å². The molecule has 0 radical (unpaired) electrons. The zero-order chi connectivity index (χ0) is 16.4. The van der Waals surface area contributed by atoms with Crippen LogP contribution in [0.1, 0.15) is 51.4 Å². The molecule has 3 N–H and O–H groups in total. The fourth-order valence-electron chi connectivity index (χ4n) is 4.48. The normalized spacial score (nSPS) is 32.7. The summed E-state index contributed by atoms with van der Waals surface area (Å²) in [5.74, 6) is 2.11. The van der Waals surface area contributed by atoms with E-state index in [4.69, 9.17) is 5.14 Å². The molecule has 2 aliphatic carbocycles. The second-order valence-corrected chi connectivity index (χ2v) is 8.97. The van der Waals surface area contributed by atoms with Crippen molar-refractivity contribution in [1.82, 2.24) is 9.62 Å². The molecule has 0 aromatic rings. The summed E-state index contributed by atoms with van der Waals surface area (Å²) >= 11 is 0. The fourth-order valence-corrected chi connectivity index (χ4v) is 4.95. The Kier molecular flexibility index (Phi) is 5.28. The number of nitrogens with one attached hydrogen (secondary N) is 1. The van der Waals surface area contributed by atoms with E-state index in [0.29, 0.717) is 24.9 Å². The highest BCUT2D eigenvalue weighted by Crippen LogP contribution is 2.50. The topological polar surface area (TPSA) is 92.5 Å². The Morgan fingerprint density at radius 2 is 1.87 bits per heavy atom. The van der Waals surface area contributed by atoms with E-state index in [2.05, 4.69) is 4.72 Å². The summed E-state index contributed by atoms with van der Waals surface area (Å²) in [5.41, 5.74) is 0. The van der Waals surface area contributed by atoms with Crippen molar-refractivity contribution in [3.63, 3.8) is 0 Å². The van der Waals surface area contributed by atoms with Gasteiger partial charge < -0.3 is 4.90 Å². The van der Waals surface area contributed by atoms with Crippen LogP contribution in [-0.2, 0) is 15.0 Å². The van der Waals surface area contributed by atoms with Gasteiger partial charge in [-0.3, -0.25) is 4.79 Å². The SMILES string of the molecule is NS(=O)(=O)NC[C@@H]1CCCN(C(=O)[C@@H]2C[C@@H]2C2CCCCC2)C1. The minimum absolute atomic E-state index is 0.179. The van der Waals surface area contributed by atoms with E-state index in [1.807, 2.05) is 4.90 Å². The molecule has 23 heavy (non-hydrogen) atoms. The number of carbonyl (C=O) groups excluding carboxylic acids is 1. The molecule has 0 bridgehead atoms. The Bertz CT molecular complexity index is 531. The second-order valence-electron chi connectivity index (χ2n) is 7.59. The minimum Gasteiger partial charge on any atom is -0.342 e. The molecule has 1 aliphatic heterocycles. The quantitative estimate of drug-likeness (QED) is 0.786.